The zero-order chi connectivity index (χ0) is 19.5. The molecule has 0 fully saturated rings. The van der Waals surface area contributed by atoms with Gasteiger partial charge in [-0.05, 0) is 55.7 Å². The molecule has 4 rings (SSSR count). The van der Waals surface area contributed by atoms with Crippen molar-refractivity contribution in [3.8, 4) is 17.1 Å². The first kappa shape index (κ1) is 18.6. The van der Waals surface area contributed by atoms with Crippen molar-refractivity contribution in [2.45, 2.75) is 26.8 Å². The van der Waals surface area contributed by atoms with Gasteiger partial charge in [0.05, 0.1) is 22.7 Å². The van der Waals surface area contributed by atoms with Gasteiger partial charge in [0.1, 0.15) is 11.6 Å². The normalized spacial score (nSPS) is 11.1. The van der Waals surface area contributed by atoms with E-state index in [1.54, 1.807) is 0 Å². The number of hydrogen-bond donors (Lipinski definition) is 0. The molecule has 4 heteroatoms. The van der Waals surface area contributed by atoms with E-state index in [9.17, 15) is 0 Å². The second-order valence-electron chi connectivity index (χ2n) is 6.98. The highest BCUT2D eigenvalue weighted by Crippen LogP contribution is 2.30. The molecule has 3 aromatic carbocycles. The Labute approximate surface area is 170 Å². The zero-order valence-corrected chi connectivity index (χ0v) is 16.9. The standard InChI is InChI=1S/C24H23ClN2O/c1-17-9-7-10-18(2)23(17)28-16-8-15-27-22-14-6-5-13-21(22)26-24(27)19-11-3-4-12-20(19)25/h3-7,9-14H,8,15-16H2,1-2H3. The van der Waals surface area contributed by atoms with Crippen LogP contribution in [0.3, 0.4) is 0 Å². The molecule has 0 saturated carbocycles. The number of halogens is 1. The predicted molar refractivity (Wildman–Crippen MR) is 116 cm³/mol. The molecule has 142 valence electrons. The van der Waals surface area contributed by atoms with Gasteiger partial charge in [-0.25, -0.2) is 4.98 Å². The first-order valence-electron chi connectivity index (χ1n) is 9.54. The Morgan fingerprint density at radius 3 is 2.39 bits per heavy atom. The van der Waals surface area contributed by atoms with Gasteiger partial charge in [-0.3, -0.25) is 0 Å². The van der Waals surface area contributed by atoms with E-state index >= 15 is 0 Å². The first-order chi connectivity index (χ1) is 13.6. The minimum absolute atomic E-state index is 0.653. The first-order valence-corrected chi connectivity index (χ1v) is 9.92. The molecule has 4 aromatic rings. The molecule has 3 nitrogen and oxygen atoms in total. The third-order valence-electron chi connectivity index (χ3n) is 4.95. The lowest BCUT2D eigenvalue weighted by molar-refractivity contribution is 0.299. The fourth-order valence-corrected chi connectivity index (χ4v) is 3.79. The summed E-state index contributed by atoms with van der Waals surface area (Å²) in [5, 5.41) is 0.714. The Morgan fingerprint density at radius 2 is 1.61 bits per heavy atom. The predicted octanol–water partition coefficient (Wildman–Crippen LogP) is 6.44. The number of benzene rings is 3. The third kappa shape index (κ3) is 3.63. The van der Waals surface area contributed by atoms with Gasteiger partial charge in [0.2, 0.25) is 0 Å². The van der Waals surface area contributed by atoms with Gasteiger partial charge in [-0.15, -0.1) is 0 Å². The number of rotatable bonds is 6. The summed E-state index contributed by atoms with van der Waals surface area (Å²) in [4.78, 5) is 4.85. The summed E-state index contributed by atoms with van der Waals surface area (Å²) in [7, 11) is 0. The van der Waals surface area contributed by atoms with Gasteiger partial charge in [0, 0.05) is 12.1 Å². The van der Waals surface area contributed by atoms with Gasteiger partial charge >= 0.3 is 0 Å². The van der Waals surface area contributed by atoms with Crippen LogP contribution in [0.5, 0.6) is 5.75 Å². The number of nitrogens with zero attached hydrogens (tertiary/aromatic N) is 2. The lowest BCUT2D eigenvalue weighted by atomic mass is 10.1. The van der Waals surface area contributed by atoms with Gasteiger partial charge in [-0.1, -0.05) is 54.1 Å². The van der Waals surface area contributed by atoms with Crippen molar-refractivity contribution < 1.29 is 4.74 Å². The second-order valence-corrected chi connectivity index (χ2v) is 7.39. The van der Waals surface area contributed by atoms with Crippen molar-refractivity contribution in [1.29, 1.82) is 0 Å². The molecule has 0 aliphatic carbocycles. The largest absolute Gasteiger partial charge is 0.493 e. The van der Waals surface area contributed by atoms with Crippen molar-refractivity contribution in [1.82, 2.24) is 9.55 Å². The van der Waals surface area contributed by atoms with Crippen LogP contribution in [0.25, 0.3) is 22.4 Å². The van der Waals surface area contributed by atoms with E-state index in [4.69, 9.17) is 21.3 Å². The summed E-state index contributed by atoms with van der Waals surface area (Å²) in [5.41, 5.74) is 5.39. The monoisotopic (exact) mass is 390 g/mol. The molecule has 0 spiro atoms. The highest BCUT2D eigenvalue weighted by molar-refractivity contribution is 6.33. The summed E-state index contributed by atoms with van der Waals surface area (Å²) in [6.45, 7) is 5.63. The van der Waals surface area contributed by atoms with E-state index in [1.165, 1.54) is 11.1 Å². The zero-order valence-electron chi connectivity index (χ0n) is 16.2. The summed E-state index contributed by atoms with van der Waals surface area (Å²) >= 11 is 6.46. The van der Waals surface area contributed by atoms with Crippen LogP contribution >= 0.6 is 11.6 Å². The van der Waals surface area contributed by atoms with Crippen molar-refractivity contribution in [2.75, 3.05) is 6.61 Å². The average molecular weight is 391 g/mol. The Bertz CT molecular complexity index is 1100. The summed E-state index contributed by atoms with van der Waals surface area (Å²) in [6.07, 6.45) is 0.881. The van der Waals surface area contributed by atoms with Crippen LogP contribution < -0.4 is 4.74 Å². The number of hydrogen-bond acceptors (Lipinski definition) is 2. The molecular weight excluding hydrogens is 368 g/mol. The molecular formula is C24H23ClN2O. The van der Waals surface area contributed by atoms with Crippen LogP contribution in [0.2, 0.25) is 5.02 Å². The fraction of sp³-hybridized carbons (Fsp3) is 0.208. The van der Waals surface area contributed by atoms with E-state index in [2.05, 4.69) is 42.7 Å². The quantitative estimate of drug-likeness (QED) is 0.354. The van der Waals surface area contributed by atoms with Crippen LogP contribution in [0.1, 0.15) is 17.5 Å². The Balaban J connectivity index is 1.58. The van der Waals surface area contributed by atoms with Crippen molar-refractivity contribution in [2.24, 2.45) is 0 Å². The maximum Gasteiger partial charge on any atom is 0.142 e. The molecule has 0 N–H and O–H groups in total. The number of ether oxygens (including phenoxy) is 1. The SMILES string of the molecule is Cc1cccc(C)c1OCCCn1c(-c2ccccc2Cl)nc2ccccc21. The van der Waals surface area contributed by atoms with Crippen molar-refractivity contribution in [3.63, 3.8) is 0 Å². The number of fused-ring (bicyclic) bond motifs is 1. The number of aromatic nitrogens is 2. The maximum absolute atomic E-state index is 6.46. The fourth-order valence-electron chi connectivity index (χ4n) is 3.57. The summed E-state index contributed by atoms with van der Waals surface area (Å²) in [5.74, 6) is 1.89. The molecule has 0 saturated heterocycles. The molecule has 0 amide bonds. The molecule has 0 aliphatic heterocycles. The minimum atomic E-state index is 0.653. The highest BCUT2D eigenvalue weighted by Gasteiger charge is 2.14. The molecule has 0 radical (unpaired) electrons. The van der Waals surface area contributed by atoms with Crippen molar-refractivity contribution in [3.05, 3.63) is 82.9 Å². The molecule has 0 bridgehead atoms. The summed E-state index contributed by atoms with van der Waals surface area (Å²) < 4.78 is 8.33. The molecule has 28 heavy (non-hydrogen) atoms. The molecule has 1 heterocycles. The Hall–Kier alpha value is -2.78. The lowest BCUT2D eigenvalue weighted by Crippen LogP contribution is -2.07. The van der Waals surface area contributed by atoms with E-state index in [0.717, 1.165) is 41.1 Å². The van der Waals surface area contributed by atoms with Gasteiger partial charge in [0.15, 0.2) is 0 Å². The van der Waals surface area contributed by atoms with Crippen molar-refractivity contribution >= 4 is 22.6 Å². The van der Waals surface area contributed by atoms with E-state index in [-0.39, 0.29) is 0 Å². The number of imidazole rings is 1. The summed E-state index contributed by atoms with van der Waals surface area (Å²) in [6, 6.07) is 22.3. The highest BCUT2D eigenvalue weighted by atomic mass is 35.5. The lowest BCUT2D eigenvalue weighted by Gasteiger charge is -2.13. The minimum Gasteiger partial charge on any atom is -0.493 e. The number of para-hydroxylation sites is 3. The number of aryl methyl sites for hydroxylation is 3. The van der Waals surface area contributed by atoms with Crippen LogP contribution in [0.15, 0.2) is 66.7 Å². The molecule has 0 atom stereocenters. The van der Waals surface area contributed by atoms with Crippen LogP contribution in [-0.4, -0.2) is 16.2 Å². The second kappa shape index (κ2) is 8.07. The average Bonchev–Trinajstić information content (AvgIpc) is 3.06. The van der Waals surface area contributed by atoms with E-state index < -0.39 is 0 Å². The van der Waals surface area contributed by atoms with E-state index in [1.807, 2.05) is 42.5 Å². The van der Waals surface area contributed by atoms with Gasteiger partial charge in [0.25, 0.3) is 0 Å². The molecule has 1 aromatic heterocycles. The van der Waals surface area contributed by atoms with Gasteiger partial charge < -0.3 is 9.30 Å². The van der Waals surface area contributed by atoms with E-state index in [0.29, 0.717) is 11.6 Å². The maximum atomic E-state index is 6.46. The van der Waals surface area contributed by atoms with Crippen LogP contribution in [0.4, 0.5) is 0 Å². The Kier molecular flexibility index (Phi) is 5.36. The van der Waals surface area contributed by atoms with Crippen LogP contribution in [0, 0.1) is 13.8 Å². The smallest absolute Gasteiger partial charge is 0.142 e. The third-order valence-corrected chi connectivity index (χ3v) is 5.28. The van der Waals surface area contributed by atoms with Crippen LogP contribution in [-0.2, 0) is 6.54 Å². The molecule has 0 unspecified atom stereocenters. The topological polar surface area (TPSA) is 27.1 Å². The van der Waals surface area contributed by atoms with Gasteiger partial charge in [-0.2, -0.15) is 0 Å². The molecule has 0 aliphatic rings. The Morgan fingerprint density at radius 1 is 0.893 bits per heavy atom.